The Morgan fingerprint density at radius 3 is 1.71 bits per heavy atom. The van der Waals surface area contributed by atoms with Gasteiger partial charge in [0.1, 0.15) is 0 Å². The van der Waals surface area contributed by atoms with E-state index in [0.29, 0.717) is 0 Å². The SMILES string of the molecule is O.O=[N+]([O-])C1=CC([N+](=O)[O-])(S(=O)(=O)O)C(S(=O)(=O)O)C([N+](=O)[O-])=C1. The zero-order valence-electron chi connectivity index (χ0n) is 10.9. The van der Waals surface area contributed by atoms with Gasteiger partial charge in [-0.3, -0.25) is 39.4 Å². The van der Waals surface area contributed by atoms with Crippen molar-refractivity contribution in [2.24, 2.45) is 0 Å². The van der Waals surface area contributed by atoms with E-state index in [9.17, 15) is 47.2 Å². The van der Waals surface area contributed by atoms with Crippen molar-refractivity contribution in [3.8, 4) is 0 Å². The Morgan fingerprint density at radius 1 is 1.00 bits per heavy atom. The molecule has 2 atom stereocenters. The van der Waals surface area contributed by atoms with Crippen LogP contribution < -0.4 is 0 Å². The Kier molecular flexibility index (Phi) is 5.51. The van der Waals surface area contributed by atoms with E-state index < -0.39 is 62.6 Å². The Labute approximate surface area is 131 Å². The molecular weight excluding hydrogens is 386 g/mol. The zero-order chi connectivity index (χ0) is 18.4. The molecule has 0 fully saturated rings. The summed E-state index contributed by atoms with van der Waals surface area (Å²) < 4.78 is 63.3. The van der Waals surface area contributed by atoms with Crippen LogP contribution in [0.2, 0.25) is 0 Å². The fraction of sp³-hybridized carbons (Fsp3) is 0.333. The lowest BCUT2D eigenvalue weighted by atomic mass is 10.0. The predicted octanol–water partition coefficient (Wildman–Crippen LogP) is -2.39. The van der Waals surface area contributed by atoms with Gasteiger partial charge in [0.15, 0.2) is 0 Å². The van der Waals surface area contributed by atoms with Crippen LogP contribution in [-0.4, -0.2) is 56.3 Å². The van der Waals surface area contributed by atoms with Crippen LogP contribution in [0.5, 0.6) is 0 Å². The molecule has 2 unspecified atom stereocenters. The molecule has 0 saturated heterocycles. The molecule has 4 N–H and O–H groups in total. The summed E-state index contributed by atoms with van der Waals surface area (Å²) in [6, 6.07) is 0. The Balaban J connectivity index is 0.00000529. The van der Waals surface area contributed by atoms with E-state index in [0.717, 1.165) is 0 Å². The molecule has 0 aromatic heterocycles. The van der Waals surface area contributed by atoms with E-state index in [1.807, 2.05) is 0 Å². The molecule has 0 aromatic carbocycles. The van der Waals surface area contributed by atoms with E-state index in [4.69, 9.17) is 9.11 Å². The Bertz CT molecular complexity index is 867. The maximum atomic E-state index is 11.4. The highest BCUT2D eigenvalue weighted by Gasteiger charge is 2.72. The van der Waals surface area contributed by atoms with Crippen LogP contribution in [0.25, 0.3) is 0 Å². The van der Waals surface area contributed by atoms with E-state index in [1.165, 1.54) is 0 Å². The summed E-state index contributed by atoms with van der Waals surface area (Å²) in [5.41, 5.74) is -3.41. The highest BCUT2D eigenvalue weighted by molar-refractivity contribution is 7.91. The maximum Gasteiger partial charge on any atom is 0.397 e. The molecule has 0 spiro atoms. The predicted molar refractivity (Wildman–Crippen MR) is 70.4 cm³/mol. The topological polar surface area (TPSA) is 270 Å². The fourth-order valence-corrected chi connectivity index (χ4v) is 4.46. The standard InChI is InChI=1S/C6H5N3O12S2.H2O/c10-7(11)3-1-4(8(12)13)5(22(16,17)18)6(2-3,9(14)15)23(19,20)21;/h1-2,5H,(H,16,17,18)(H,19,20,21);1H2. The minimum absolute atomic E-state index is 0. The van der Waals surface area contributed by atoms with Gasteiger partial charge in [-0.05, 0) is 0 Å². The summed E-state index contributed by atoms with van der Waals surface area (Å²) >= 11 is 0. The van der Waals surface area contributed by atoms with Crippen LogP contribution in [0.3, 0.4) is 0 Å². The van der Waals surface area contributed by atoms with Gasteiger partial charge in [0.2, 0.25) is 0 Å². The third-order valence-corrected chi connectivity index (χ3v) is 5.39. The summed E-state index contributed by atoms with van der Waals surface area (Å²) in [4.78, 5) is 23.2. The lowest BCUT2D eigenvalue weighted by Gasteiger charge is -2.25. The summed E-state index contributed by atoms with van der Waals surface area (Å²) in [5.74, 6) is 0. The molecule has 0 bridgehead atoms. The van der Waals surface area contributed by atoms with Gasteiger partial charge in [-0.25, -0.2) is 0 Å². The van der Waals surface area contributed by atoms with Crippen LogP contribution in [0.15, 0.2) is 23.5 Å². The Hall–Kier alpha value is -2.54. The summed E-state index contributed by atoms with van der Waals surface area (Å²) in [5, 5.41) is 29.2. The van der Waals surface area contributed by atoms with Crippen molar-refractivity contribution >= 4 is 20.2 Å². The van der Waals surface area contributed by atoms with E-state index in [1.54, 1.807) is 0 Å². The molecule has 0 radical (unpaired) electrons. The van der Waals surface area contributed by atoms with Crippen LogP contribution in [-0.2, 0) is 20.2 Å². The van der Waals surface area contributed by atoms with Gasteiger partial charge >= 0.3 is 15.0 Å². The van der Waals surface area contributed by atoms with Gasteiger partial charge in [-0.1, -0.05) is 0 Å². The number of hydrogen-bond acceptors (Lipinski definition) is 10. The number of rotatable bonds is 5. The molecule has 1 aliphatic rings. The third kappa shape index (κ3) is 3.21. The molecule has 1 rings (SSSR count). The summed E-state index contributed by atoms with van der Waals surface area (Å²) in [6.45, 7) is 0. The molecule has 18 heteroatoms. The van der Waals surface area contributed by atoms with Crippen molar-refractivity contribution in [2.45, 2.75) is 10.1 Å². The summed E-state index contributed by atoms with van der Waals surface area (Å²) in [6.07, 6.45) is -0.487. The van der Waals surface area contributed by atoms with Gasteiger partial charge < -0.3 is 5.48 Å². The van der Waals surface area contributed by atoms with Crippen LogP contribution >= 0.6 is 0 Å². The molecule has 24 heavy (non-hydrogen) atoms. The summed E-state index contributed by atoms with van der Waals surface area (Å²) in [7, 11) is -12.0. The van der Waals surface area contributed by atoms with Gasteiger partial charge in [0.05, 0.1) is 26.9 Å². The van der Waals surface area contributed by atoms with Gasteiger partial charge in [0, 0.05) is 0 Å². The minimum atomic E-state index is -6.12. The molecule has 0 aliphatic heterocycles. The molecular formula is C6H7N3O13S2. The van der Waals surface area contributed by atoms with Crippen molar-refractivity contribution in [2.75, 3.05) is 0 Å². The second-order valence-corrected chi connectivity index (χ2v) is 7.14. The molecule has 0 amide bonds. The first kappa shape index (κ1) is 21.5. The smallest absolute Gasteiger partial charge is 0.397 e. The monoisotopic (exact) mass is 393 g/mol. The largest absolute Gasteiger partial charge is 0.412 e. The van der Waals surface area contributed by atoms with Crippen LogP contribution in [0, 0.1) is 30.3 Å². The van der Waals surface area contributed by atoms with E-state index in [-0.39, 0.29) is 11.6 Å². The van der Waals surface area contributed by atoms with Gasteiger partial charge in [-0.2, -0.15) is 16.8 Å². The number of nitro groups is 3. The van der Waals surface area contributed by atoms with Gasteiger partial charge in [0.25, 0.3) is 26.8 Å². The number of hydrogen-bond donors (Lipinski definition) is 2. The minimum Gasteiger partial charge on any atom is -0.412 e. The first-order valence-corrected chi connectivity index (χ1v) is 7.91. The van der Waals surface area contributed by atoms with Crippen LogP contribution in [0.1, 0.15) is 0 Å². The lowest BCUT2D eigenvalue weighted by Crippen LogP contribution is -2.59. The van der Waals surface area contributed by atoms with Gasteiger partial charge in [-0.15, -0.1) is 0 Å². The molecule has 16 nitrogen and oxygen atoms in total. The number of allylic oxidation sites excluding steroid dienone is 1. The highest BCUT2D eigenvalue weighted by atomic mass is 32.2. The average Bonchev–Trinajstić information content (AvgIpc) is 2.33. The van der Waals surface area contributed by atoms with Crippen molar-refractivity contribution < 1.29 is 46.2 Å². The third-order valence-electron chi connectivity index (χ3n) is 2.71. The van der Waals surface area contributed by atoms with Crippen molar-refractivity contribution in [1.82, 2.24) is 0 Å². The molecule has 1 aliphatic carbocycles. The molecule has 0 heterocycles. The highest BCUT2D eigenvalue weighted by Crippen LogP contribution is 2.38. The molecule has 136 valence electrons. The second kappa shape index (κ2) is 6.16. The normalized spacial score (nSPS) is 24.2. The average molecular weight is 393 g/mol. The van der Waals surface area contributed by atoms with Crippen molar-refractivity contribution in [3.63, 3.8) is 0 Å². The molecule has 0 aromatic rings. The first-order valence-electron chi connectivity index (χ1n) is 4.97. The van der Waals surface area contributed by atoms with Crippen LogP contribution in [0.4, 0.5) is 0 Å². The van der Waals surface area contributed by atoms with E-state index in [2.05, 4.69) is 0 Å². The lowest BCUT2D eigenvalue weighted by molar-refractivity contribution is -0.537. The van der Waals surface area contributed by atoms with Crippen molar-refractivity contribution in [1.29, 1.82) is 0 Å². The first-order chi connectivity index (χ1) is 10.2. The number of nitrogens with zero attached hydrogens (tertiary/aromatic N) is 3. The quantitative estimate of drug-likeness (QED) is 0.281. The Morgan fingerprint density at radius 2 is 1.46 bits per heavy atom. The fourth-order valence-electron chi connectivity index (χ4n) is 1.84. The van der Waals surface area contributed by atoms with E-state index >= 15 is 0 Å². The molecule has 0 saturated carbocycles. The maximum absolute atomic E-state index is 11.4. The van der Waals surface area contributed by atoms with Crippen molar-refractivity contribution in [3.05, 3.63) is 53.9 Å². The zero-order valence-corrected chi connectivity index (χ0v) is 12.5. The second-order valence-electron chi connectivity index (χ2n) is 4.03.